The zero-order valence-electron chi connectivity index (χ0n) is 15.4. The fourth-order valence-corrected chi connectivity index (χ4v) is 5.97. The van der Waals surface area contributed by atoms with Crippen LogP contribution in [0.3, 0.4) is 0 Å². The molecule has 0 aromatic rings. The molecule has 3 atom stereocenters. The molecular weight excluding hydrogens is 356 g/mol. The van der Waals surface area contributed by atoms with Gasteiger partial charge in [0.15, 0.2) is 9.84 Å². The van der Waals surface area contributed by atoms with Crippen LogP contribution in [0.4, 0.5) is 0 Å². The van der Waals surface area contributed by atoms with Gasteiger partial charge in [-0.15, -0.1) is 0 Å². The van der Waals surface area contributed by atoms with Gasteiger partial charge < -0.3 is 15.0 Å². The smallest absolute Gasteiger partial charge is 0.228 e. The van der Waals surface area contributed by atoms with E-state index in [1.54, 1.807) is 19.1 Å². The third-order valence-electron chi connectivity index (χ3n) is 5.94. The Labute approximate surface area is 155 Å². The molecule has 2 aliphatic carbocycles. The Morgan fingerprint density at radius 1 is 1.19 bits per heavy atom. The first-order chi connectivity index (χ1) is 12.3. The molecular formula is C18H28N2O5S. The van der Waals surface area contributed by atoms with Crippen molar-refractivity contribution in [1.29, 1.82) is 0 Å². The maximum Gasteiger partial charge on any atom is 0.228 e. The summed E-state index contributed by atoms with van der Waals surface area (Å²) in [4.78, 5) is 27.0. The Morgan fingerprint density at radius 3 is 2.54 bits per heavy atom. The molecule has 0 radical (unpaired) electrons. The zero-order valence-corrected chi connectivity index (χ0v) is 16.2. The van der Waals surface area contributed by atoms with E-state index in [0.717, 1.165) is 25.7 Å². The number of nitrogens with one attached hydrogen (secondary N) is 1. The first-order valence-electron chi connectivity index (χ1n) is 9.26. The first-order valence-corrected chi connectivity index (χ1v) is 11.1. The molecule has 0 aromatic heterocycles. The summed E-state index contributed by atoms with van der Waals surface area (Å²) in [6.45, 7) is 0. The molecule has 1 N–H and O–H groups in total. The number of rotatable bonds is 5. The molecule has 8 heteroatoms. The van der Waals surface area contributed by atoms with Gasteiger partial charge in [-0.2, -0.15) is 0 Å². The van der Waals surface area contributed by atoms with Crippen molar-refractivity contribution >= 4 is 21.7 Å². The minimum Gasteiger partial charge on any atom is -0.381 e. The number of amides is 2. The number of methoxy groups -OCH3 is 1. The normalized spacial score (nSPS) is 35.5. The van der Waals surface area contributed by atoms with Crippen molar-refractivity contribution in [2.24, 2.45) is 11.8 Å². The number of allylic oxidation sites excluding steroid dienone is 2. The maximum absolute atomic E-state index is 12.9. The van der Waals surface area contributed by atoms with Gasteiger partial charge in [0.25, 0.3) is 0 Å². The molecule has 146 valence electrons. The topological polar surface area (TPSA) is 92.8 Å². The summed E-state index contributed by atoms with van der Waals surface area (Å²) in [5.74, 6) is -1.51. The van der Waals surface area contributed by atoms with Gasteiger partial charge in [-0.25, -0.2) is 8.42 Å². The highest BCUT2D eigenvalue weighted by molar-refractivity contribution is 7.91. The van der Waals surface area contributed by atoms with Gasteiger partial charge in [0.2, 0.25) is 11.8 Å². The molecule has 0 bridgehead atoms. The number of nitrogens with zero attached hydrogens (tertiary/aromatic N) is 1. The summed E-state index contributed by atoms with van der Waals surface area (Å²) in [5.41, 5.74) is 0. The molecule has 3 aliphatic rings. The van der Waals surface area contributed by atoms with Gasteiger partial charge in [-0.3, -0.25) is 9.59 Å². The molecule has 2 amide bonds. The Bertz CT molecular complexity index is 684. The van der Waals surface area contributed by atoms with Crippen LogP contribution < -0.4 is 5.32 Å². The molecule has 1 saturated carbocycles. The molecule has 2 fully saturated rings. The van der Waals surface area contributed by atoms with E-state index in [9.17, 15) is 18.0 Å². The summed E-state index contributed by atoms with van der Waals surface area (Å²) in [6, 6.07) is -0.553. The second-order valence-corrected chi connectivity index (χ2v) is 9.87. The lowest BCUT2D eigenvalue weighted by Gasteiger charge is -2.41. The Kier molecular flexibility index (Phi) is 5.72. The van der Waals surface area contributed by atoms with Crippen molar-refractivity contribution in [3.05, 3.63) is 12.2 Å². The van der Waals surface area contributed by atoms with Gasteiger partial charge in [-0.1, -0.05) is 12.2 Å². The van der Waals surface area contributed by atoms with Crippen LogP contribution in [0.1, 0.15) is 32.1 Å². The van der Waals surface area contributed by atoms with E-state index in [2.05, 4.69) is 11.4 Å². The second-order valence-electron chi connectivity index (χ2n) is 7.71. The molecule has 7 nitrogen and oxygen atoms in total. The largest absolute Gasteiger partial charge is 0.381 e. The zero-order chi connectivity index (χ0) is 18.9. The highest BCUT2D eigenvalue weighted by Gasteiger charge is 2.46. The van der Waals surface area contributed by atoms with Crippen molar-refractivity contribution in [3.63, 3.8) is 0 Å². The van der Waals surface area contributed by atoms with E-state index in [1.807, 2.05) is 6.08 Å². The highest BCUT2D eigenvalue weighted by atomic mass is 32.2. The summed E-state index contributed by atoms with van der Waals surface area (Å²) >= 11 is 0. The summed E-state index contributed by atoms with van der Waals surface area (Å²) < 4.78 is 29.5. The second kappa shape index (κ2) is 7.68. The van der Waals surface area contributed by atoms with Gasteiger partial charge in [0.05, 0.1) is 29.6 Å². The van der Waals surface area contributed by atoms with Crippen LogP contribution in [0.15, 0.2) is 12.2 Å². The fourth-order valence-electron chi connectivity index (χ4n) is 4.05. The minimum absolute atomic E-state index is 0.0792. The molecule has 1 unspecified atom stereocenters. The Morgan fingerprint density at radius 2 is 1.92 bits per heavy atom. The van der Waals surface area contributed by atoms with Crippen molar-refractivity contribution in [2.75, 3.05) is 25.7 Å². The van der Waals surface area contributed by atoms with Gasteiger partial charge >= 0.3 is 0 Å². The minimum atomic E-state index is -3.33. The lowest BCUT2D eigenvalue weighted by molar-refractivity contribution is -0.141. The SMILES string of the molecule is COC1CC(N(C)C(=O)[C@@H]2CS(=O)(=O)C[C@H]2NC(=O)C2CC=CCC2)C1. The average Bonchev–Trinajstić information content (AvgIpc) is 2.88. The number of carbonyl (C=O) groups excluding carboxylic acids is 2. The molecule has 26 heavy (non-hydrogen) atoms. The van der Waals surface area contributed by atoms with Crippen LogP contribution >= 0.6 is 0 Å². The van der Waals surface area contributed by atoms with Crippen LogP contribution in [0.5, 0.6) is 0 Å². The van der Waals surface area contributed by atoms with E-state index < -0.39 is 21.8 Å². The number of ether oxygens (including phenoxy) is 1. The van der Waals surface area contributed by atoms with E-state index in [0.29, 0.717) is 6.42 Å². The molecule has 1 saturated heterocycles. The number of sulfone groups is 1. The van der Waals surface area contributed by atoms with Crippen LogP contribution in [-0.2, 0) is 24.2 Å². The third kappa shape index (κ3) is 4.11. The fraction of sp³-hybridized carbons (Fsp3) is 0.778. The van der Waals surface area contributed by atoms with Crippen molar-refractivity contribution < 1.29 is 22.7 Å². The monoisotopic (exact) mass is 384 g/mol. The molecule has 3 rings (SSSR count). The van der Waals surface area contributed by atoms with Crippen molar-refractivity contribution in [3.8, 4) is 0 Å². The number of hydrogen-bond acceptors (Lipinski definition) is 5. The highest BCUT2D eigenvalue weighted by Crippen LogP contribution is 2.30. The van der Waals surface area contributed by atoms with Gasteiger partial charge in [-0.05, 0) is 32.1 Å². The average molecular weight is 384 g/mol. The van der Waals surface area contributed by atoms with E-state index >= 15 is 0 Å². The van der Waals surface area contributed by atoms with Crippen LogP contribution in [0, 0.1) is 11.8 Å². The standard InChI is InChI=1S/C18H28N2O5S/c1-20(13-8-14(9-13)25-2)18(22)15-10-26(23,24)11-16(15)19-17(21)12-6-4-3-5-7-12/h3-4,12-16H,5-11H2,1-2H3,(H,19,21)/t12?,13?,14?,15-,16-/m1/s1. The lowest BCUT2D eigenvalue weighted by Crippen LogP contribution is -2.54. The van der Waals surface area contributed by atoms with Crippen molar-refractivity contribution in [1.82, 2.24) is 10.2 Å². The Hall–Kier alpha value is -1.41. The predicted molar refractivity (Wildman–Crippen MR) is 97.1 cm³/mol. The number of carbonyl (C=O) groups is 2. The molecule has 1 heterocycles. The Balaban J connectivity index is 1.64. The third-order valence-corrected chi connectivity index (χ3v) is 7.67. The van der Waals surface area contributed by atoms with Crippen molar-refractivity contribution in [2.45, 2.75) is 50.3 Å². The van der Waals surface area contributed by atoms with Crippen LogP contribution in [0.2, 0.25) is 0 Å². The summed E-state index contributed by atoms with van der Waals surface area (Å²) in [5, 5.41) is 2.86. The quantitative estimate of drug-likeness (QED) is 0.697. The summed E-state index contributed by atoms with van der Waals surface area (Å²) in [7, 11) is 0.0377. The maximum atomic E-state index is 12.9. The molecule has 1 aliphatic heterocycles. The van der Waals surface area contributed by atoms with Crippen LogP contribution in [0.25, 0.3) is 0 Å². The van der Waals surface area contributed by atoms with Gasteiger partial charge in [0.1, 0.15) is 0 Å². The molecule has 0 aromatic carbocycles. The molecule has 0 spiro atoms. The van der Waals surface area contributed by atoms with Gasteiger partial charge in [0, 0.05) is 26.1 Å². The first kappa shape index (κ1) is 19.4. The number of hydrogen-bond donors (Lipinski definition) is 1. The van der Waals surface area contributed by atoms with E-state index in [4.69, 9.17) is 4.74 Å². The predicted octanol–water partition coefficient (Wildman–Crippen LogP) is 0.508. The lowest BCUT2D eigenvalue weighted by atomic mass is 9.87. The van der Waals surface area contributed by atoms with E-state index in [-0.39, 0.29) is 41.4 Å². The summed E-state index contributed by atoms with van der Waals surface area (Å²) in [6.07, 6.45) is 8.03. The van der Waals surface area contributed by atoms with E-state index in [1.165, 1.54) is 0 Å². The van der Waals surface area contributed by atoms with Crippen LogP contribution in [-0.4, -0.2) is 69.0 Å².